The number of hydrogen-bond donors (Lipinski definition) is 0. The van der Waals surface area contributed by atoms with Gasteiger partial charge in [-0.2, -0.15) is 0 Å². The first kappa shape index (κ1) is 33.5. The summed E-state index contributed by atoms with van der Waals surface area (Å²) in [6.07, 6.45) is 6.50. The van der Waals surface area contributed by atoms with E-state index in [2.05, 4.69) is 214 Å². The Morgan fingerprint density at radius 3 is 1.93 bits per heavy atom. The lowest BCUT2D eigenvalue weighted by molar-refractivity contribution is 0.855. The Hall–Kier alpha value is -6.38. The second kappa shape index (κ2) is 13.5. The van der Waals surface area contributed by atoms with E-state index in [4.69, 9.17) is 0 Å². The molecule has 7 aromatic carbocycles. The van der Waals surface area contributed by atoms with E-state index in [-0.39, 0.29) is 0 Å². The fourth-order valence-electron chi connectivity index (χ4n) is 8.59. The molecule has 0 saturated heterocycles. The molecule has 9 aromatic rings. The van der Waals surface area contributed by atoms with Gasteiger partial charge in [-0.1, -0.05) is 129 Å². The van der Waals surface area contributed by atoms with Crippen molar-refractivity contribution in [3.05, 3.63) is 187 Å². The van der Waals surface area contributed by atoms with Gasteiger partial charge in [0.25, 0.3) is 0 Å². The molecule has 9 rings (SSSR count). The number of para-hydroxylation sites is 2. The van der Waals surface area contributed by atoms with Crippen LogP contribution in [0.1, 0.15) is 37.5 Å². The van der Waals surface area contributed by atoms with Crippen LogP contribution in [0.3, 0.4) is 0 Å². The van der Waals surface area contributed by atoms with Crippen molar-refractivity contribution in [1.82, 2.24) is 9.13 Å². The molecule has 0 N–H and O–H groups in total. The molecule has 2 heteroatoms. The van der Waals surface area contributed by atoms with E-state index in [0.29, 0.717) is 5.92 Å². The van der Waals surface area contributed by atoms with Gasteiger partial charge in [0.05, 0.1) is 22.1 Å². The highest BCUT2D eigenvalue weighted by atomic mass is 15.0. The lowest BCUT2D eigenvalue weighted by atomic mass is 9.92. The minimum Gasteiger partial charge on any atom is -0.309 e. The van der Waals surface area contributed by atoms with Crippen LogP contribution >= 0.6 is 0 Å². The first-order valence-corrected chi connectivity index (χ1v) is 19.1. The summed E-state index contributed by atoms with van der Waals surface area (Å²) in [5, 5.41) is 5.11. The normalized spacial score (nSPS) is 12.4. The Morgan fingerprint density at radius 2 is 1.17 bits per heavy atom. The largest absolute Gasteiger partial charge is 0.309 e. The van der Waals surface area contributed by atoms with E-state index in [0.717, 1.165) is 0 Å². The average Bonchev–Trinajstić information content (AvgIpc) is 3.71. The number of aryl methyl sites for hydroxylation is 2. The average molecular weight is 697 g/mol. The predicted octanol–water partition coefficient (Wildman–Crippen LogP) is 14.4. The highest BCUT2D eigenvalue weighted by molar-refractivity contribution is 6.14. The SMILES string of the molecule is C/C=C\C=C(\c1cccc(-n2c3ccccc3c3cc(-c4ccc5c(c4C)c4ccccc4n5-c4cccc(-c5ccccc5)c4)c(C)cc32)c1)C(C)C. The molecule has 0 aliphatic rings. The number of aromatic nitrogens is 2. The Morgan fingerprint density at radius 1 is 0.519 bits per heavy atom. The van der Waals surface area contributed by atoms with Crippen molar-refractivity contribution in [1.29, 1.82) is 0 Å². The molecule has 0 spiro atoms. The number of rotatable bonds is 7. The van der Waals surface area contributed by atoms with Crippen LogP contribution in [0.5, 0.6) is 0 Å². The van der Waals surface area contributed by atoms with Crippen LogP contribution in [0.4, 0.5) is 0 Å². The van der Waals surface area contributed by atoms with Gasteiger partial charge < -0.3 is 9.13 Å². The third-order valence-corrected chi connectivity index (χ3v) is 11.1. The summed E-state index contributed by atoms with van der Waals surface area (Å²) in [6.45, 7) is 11.2. The molecule has 2 aromatic heterocycles. The van der Waals surface area contributed by atoms with Crippen LogP contribution in [-0.4, -0.2) is 9.13 Å². The van der Waals surface area contributed by atoms with Gasteiger partial charge in [-0.15, -0.1) is 0 Å². The molecular weight excluding hydrogens is 653 g/mol. The number of benzene rings is 7. The van der Waals surface area contributed by atoms with Gasteiger partial charge in [-0.25, -0.2) is 0 Å². The van der Waals surface area contributed by atoms with Gasteiger partial charge in [-0.3, -0.25) is 0 Å². The van der Waals surface area contributed by atoms with Crippen LogP contribution in [-0.2, 0) is 0 Å². The van der Waals surface area contributed by atoms with Crippen molar-refractivity contribution in [2.45, 2.75) is 34.6 Å². The standard InChI is InChI=1S/C52H44N2/c1-6-7-23-42(34(2)3)39-20-16-22-41(32-39)54-48-26-13-11-24-44(48)47-33-46(35(4)30-51(47)54)43-28-29-50-52(36(43)5)45-25-12-14-27-49(45)53(50)40-21-15-19-38(31-40)37-17-9-8-10-18-37/h6-34H,1-5H3/b7-6-,42-23+. The fourth-order valence-corrected chi connectivity index (χ4v) is 8.59. The number of nitrogens with zero attached hydrogens (tertiary/aromatic N) is 2. The molecule has 2 nitrogen and oxygen atoms in total. The summed E-state index contributed by atoms with van der Waals surface area (Å²) >= 11 is 0. The minimum atomic E-state index is 0.411. The minimum absolute atomic E-state index is 0.411. The van der Waals surface area contributed by atoms with Crippen molar-refractivity contribution < 1.29 is 0 Å². The molecule has 0 radical (unpaired) electrons. The Balaban J connectivity index is 1.23. The molecule has 2 heterocycles. The van der Waals surface area contributed by atoms with Crippen LogP contribution in [0.25, 0.3) is 82.8 Å². The van der Waals surface area contributed by atoms with Crippen molar-refractivity contribution in [3.63, 3.8) is 0 Å². The Labute approximate surface area is 317 Å². The molecular formula is C52H44N2. The number of allylic oxidation sites excluding steroid dienone is 4. The molecule has 0 unspecified atom stereocenters. The monoisotopic (exact) mass is 696 g/mol. The van der Waals surface area contributed by atoms with Crippen molar-refractivity contribution in [2.24, 2.45) is 5.92 Å². The second-order valence-corrected chi connectivity index (χ2v) is 14.8. The smallest absolute Gasteiger partial charge is 0.0544 e. The maximum atomic E-state index is 2.45. The Kier molecular flexibility index (Phi) is 8.39. The molecule has 0 saturated carbocycles. The van der Waals surface area contributed by atoms with Gasteiger partial charge in [0.2, 0.25) is 0 Å². The van der Waals surface area contributed by atoms with Crippen molar-refractivity contribution in [3.8, 4) is 33.6 Å². The van der Waals surface area contributed by atoms with Crippen molar-refractivity contribution in [2.75, 3.05) is 0 Å². The summed E-state index contributed by atoms with van der Waals surface area (Å²) in [4.78, 5) is 0. The molecule has 0 aliphatic heterocycles. The number of fused-ring (bicyclic) bond motifs is 6. The zero-order valence-electron chi connectivity index (χ0n) is 31.6. The highest BCUT2D eigenvalue weighted by Gasteiger charge is 2.20. The van der Waals surface area contributed by atoms with E-state index in [1.165, 1.54) is 99.5 Å². The van der Waals surface area contributed by atoms with Crippen LogP contribution in [0.2, 0.25) is 0 Å². The first-order valence-electron chi connectivity index (χ1n) is 19.1. The lowest BCUT2D eigenvalue weighted by Crippen LogP contribution is -1.98. The van der Waals surface area contributed by atoms with Crippen LogP contribution in [0.15, 0.2) is 170 Å². The Bertz CT molecular complexity index is 2930. The van der Waals surface area contributed by atoms with Crippen molar-refractivity contribution >= 4 is 49.2 Å². The van der Waals surface area contributed by atoms with Gasteiger partial charge in [0, 0.05) is 32.9 Å². The second-order valence-electron chi connectivity index (χ2n) is 14.8. The molecule has 0 fully saturated rings. The van der Waals surface area contributed by atoms with Gasteiger partial charge >= 0.3 is 0 Å². The third-order valence-electron chi connectivity index (χ3n) is 11.1. The highest BCUT2D eigenvalue weighted by Crippen LogP contribution is 2.42. The van der Waals surface area contributed by atoms with Gasteiger partial charge in [-0.05, 0) is 126 Å². The molecule has 0 bridgehead atoms. The maximum absolute atomic E-state index is 2.45. The van der Waals surface area contributed by atoms with Crippen LogP contribution < -0.4 is 0 Å². The summed E-state index contributed by atoms with van der Waals surface area (Å²) in [5.74, 6) is 0.411. The van der Waals surface area contributed by atoms with Crippen LogP contribution in [0, 0.1) is 19.8 Å². The fraction of sp³-hybridized carbons (Fsp3) is 0.115. The molecule has 0 aliphatic carbocycles. The van der Waals surface area contributed by atoms with E-state index < -0.39 is 0 Å². The quantitative estimate of drug-likeness (QED) is 0.147. The first-order chi connectivity index (χ1) is 26.4. The third kappa shape index (κ3) is 5.49. The van der Waals surface area contributed by atoms with E-state index >= 15 is 0 Å². The summed E-state index contributed by atoms with van der Waals surface area (Å²) < 4.78 is 4.88. The predicted molar refractivity (Wildman–Crippen MR) is 233 cm³/mol. The maximum Gasteiger partial charge on any atom is 0.0544 e. The van der Waals surface area contributed by atoms with E-state index in [9.17, 15) is 0 Å². The molecule has 0 amide bonds. The molecule has 262 valence electrons. The zero-order valence-corrected chi connectivity index (χ0v) is 31.6. The topological polar surface area (TPSA) is 9.86 Å². The molecule has 0 atom stereocenters. The van der Waals surface area contributed by atoms with Gasteiger partial charge in [0.15, 0.2) is 0 Å². The molecule has 54 heavy (non-hydrogen) atoms. The summed E-state index contributed by atoms with van der Waals surface area (Å²) in [7, 11) is 0. The summed E-state index contributed by atoms with van der Waals surface area (Å²) in [5.41, 5.74) is 17.4. The zero-order chi connectivity index (χ0) is 36.9. The lowest BCUT2D eigenvalue weighted by Gasteiger charge is -2.16. The van der Waals surface area contributed by atoms with Gasteiger partial charge in [0.1, 0.15) is 0 Å². The van der Waals surface area contributed by atoms with E-state index in [1.54, 1.807) is 0 Å². The number of hydrogen-bond acceptors (Lipinski definition) is 0. The van der Waals surface area contributed by atoms with E-state index in [1.807, 2.05) is 0 Å². The summed E-state index contributed by atoms with van der Waals surface area (Å²) in [6, 6.07) is 55.8.